The molecular formula is C13H18N4O4. The molecule has 0 aromatic heterocycles. The summed E-state index contributed by atoms with van der Waals surface area (Å²) in [7, 11) is 1.55. The predicted octanol–water partition coefficient (Wildman–Crippen LogP) is 0.891. The summed E-state index contributed by atoms with van der Waals surface area (Å²) in [6, 6.07) is 3.36. The molecule has 2 amide bonds. The topological polar surface area (TPSA) is 113 Å². The molecule has 0 saturated carbocycles. The zero-order valence-corrected chi connectivity index (χ0v) is 12.1. The maximum atomic E-state index is 12.0. The van der Waals surface area contributed by atoms with Crippen LogP contribution in [0.2, 0.25) is 0 Å². The number of anilines is 1. The number of carbonyl (C=O) groups is 2. The lowest BCUT2D eigenvalue weighted by molar-refractivity contribution is -0.384. The van der Waals surface area contributed by atoms with Crippen molar-refractivity contribution in [3.05, 3.63) is 33.9 Å². The van der Waals surface area contributed by atoms with Gasteiger partial charge in [0.2, 0.25) is 5.91 Å². The molecule has 3 N–H and O–H groups in total. The lowest BCUT2D eigenvalue weighted by Crippen LogP contribution is -2.44. The van der Waals surface area contributed by atoms with E-state index in [0.29, 0.717) is 12.2 Å². The molecule has 0 radical (unpaired) electrons. The molecular weight excluding hydrogens is 276 g/mol. The summed E-state index contributed by atoms with van der Waals surface area (Å²) >= 11 is 0. The summed E-state index contributed by atoms with van der Waals surface area (Å²) in [5.41, 5.74) is 0.237. The van der Waals surface area contributed by atoms with E-state index in [2.05, 4.69) is 16.0 Å². The van der Waals surface area contributed by atoms with Crippen LogP contribution in [0.5, 0.6) is 0 Å². The second-order valence-corrected chi connectivity index (χ2v) is 4.33. The Labute approximate surface area is 122 Å². The standard InChI is InChI=1S/C13H18N4O4/c1-4-15-12(18)8(2)16-13(19)9-5-6-10(14-3)11(7-9)17(20)21/h5-8,14H,4H2,1-3H3,(H,15,18)(H,16,19)/t8-/m1/s1. The first-order valence-electron chi connectivity index (χ1n) is 6.45. The summed E-state index contributed by atoms with van der Waals surface area (Å²) in [6.45, 7) is 3.77. The number of likely N-dealkylation sites (N-methyl/N-ethyl adjacent to an activating group) is 1. The first-order valence-corrected chi connectivity index (χ1v) is 6.45. The summed E-state index contributed by atoms with van der Waals surface area (Å²) in [5.74, 6) is -0.855. The van der Waals surface area contributed by atoms with E-state index in [1.54, 1.807) is 20.9 Å². The van der Waals surface area contributed by atoms with Gasteiger partial charge in [-0.15, -0.1) is 0 Å². The van der Waals surface area contributed by atoms with Crippen LogP contribution in [0.3, 0.4) is 0 Å². The normalized spacial score (nSPS) is 11.4. The van der Waals surface area contributed by atoms with Crippen molar-refractivity contribution in [2.75, 3.05) is 18.9 Å². The molecule has 0 aliphatic rings. The molecule has 0 aliphatic heterocycles. The highest BCUT2D eigenvalue weighted by atomic mass is 16.6. The molecule has 1 rings (SSSR count). The van der Waals surface area contributed by atoms with Gasteiger partial charge in [-0.1, -0.05) is 0 Å². The first kappa shape index (κ1) is 16.4. The number of benzene rings is 1. The molecule has 0 heterocycles. The summed E-state index contributed by atoms with van der Waals surface area (Å²) in [4.78, 5) is 33.9. The maximum Gasteiger partial charge on any atom is 0.293 e. The average molecular weight is 294 g/mol. The highest BCUT2D eigenvalue weighted by Crippen LogP contribution is 2.24. The van der Waals surface area contributed by atoms with Crippen molar-refractivity contribution in [2.45, 2.75) is 19.9 Å². The number of nitro groups is 1. The molecule has 0 spiro atoms. The highest BCUT2D eigenvalue weighted by Gasteiger charge is 2.19. The van der Waals surface area contributed by atoms with Gasteiger partial charge in [0, 0.05) is 25.2 Å². The smallest absolute Gasteiger partial charge is 0.293 e. The third-order valence-electron chi connectivity index (χ3n) is 2.82. The van der Waals surface area contributed by atoms with Crippen LogP contribution in [0.4, 0.5) is 11.4 Å². The summed E-state index contributed by atoms with van der Waals surface area (Å²) in [6.07, 6.45) is 0. The van der Waals surface area contributed by atoms with E-state index >= 15 is 0 Å². The largest absolute Gasteiger partial charge is 0.383 e. The monoisotopic (exact) mass is 294 g/mol. The van der Waals surface area contributed by atoms with Crippen LogP contribution in [-0.4, -0.2) is 36.4 Å². The molecule has 0 fully saturated rings. The van der Waals surface area contributed by atoms with Crippen LogP contribution >= 0.6 is 0 Å². The van der Waals surface area contributed by atoms with Crippen molar-refractivity contribution in [1.29, 1.82) is 0 Å². The summed E-state index contributed by atoms with van der Waals surface area (Å²) < 4.78 is 0. The average Bonchev–Trinajstić information content (AvgIpc) is 2.46. The van der Waals surface area contributed by atoms with Gasteiger partial charge in [-0.05, 0) is 26.0 Å². The Kier molecular flexibility index (Phi) is 5.65. The van der Waals surface area contributed by atoms with Crippen LogP contribution in [-0.2, 0) is 4.79 Å². The zero-order valence-electron chi connectivity index (χ0n) is 12.1. The number of nitro benzene ring substituents is 1. The van der Waals surface area contributed by atoms with E-state index in [-0.39, 0.29) is 17.2 Å². The highest BCUT2D eigenvalue weighted by molar-refractivity contribution is 5.98. The molecule has 21 heavy (non-hydrogen) atoms. The van der Waals surface area contributed by atoms with Gasteiger partial charge in [0.25, 0.3) is 11.6 Å². The van der Waals surface area contributed by atoms with Crippen molar-refractivity contribution < 1.29 is 14.5 Å². The molecule has 0 aliphatic carbocycles. The van der Waals surface area contributed by atoms with Crippen LogP contribution in [0, 0.1) is 10.1 Å². The van der Waals surface area contributed by atoms with E-state index in [0.717, 1.165) is 0 Å². The maximum absolute atomic E-state index is 12.0. The van der Waals surface area contributed by atoms with Gasteiger partial charge < -0.3 is 16.0 Å². The number of nitrogens with zero attached hydrogens (tertiary/aromatic N) is 1. The van der Waals surface area contributed by atoms with Gasteiger partial charge in [0.05, 0.1) is 4.92 Å². The number of nitrogens with one attached hydrogen (secondary N) is 3. The van der Waals surface area contributed by atoms with Crippen LogP contribution < -0.4 is 16.0 Å². The second-order valence-electron chi connectivity index (χ2n) is 4.33. The molecule has 0 unspecified atom stereocenters. The molecule has 0 saturated heterocycles. The fourth-order valence-corrected chi connectivity index (χ4v) is 1.71. The summed E-state index contributed by atoms with van der Waals surface area (Å²) in [5, 5.41) is 18.7. The number of hydrogen-bond donors (Lipinski definition) is 3. The number of amides is 2. The molecule has 1 aromatic rings. The number of carbonyl (C=O) groups excluding carboxylic acids is 2. The van der Waals surface area contributed by atoms with Crippen molar-refractivity contribution in [3.8, 4) is 0 Å². The van der Waals surface area contributed by atoms with E-state index in [4.69, 9.17) is 0 Å². The van der Waals surface area contributed by atoms with Crippen LogP contribution in [0.1, 0.15) is 24.2 Å². The fourth-order valence-electron chi connectivity index (χ4n) is 1.71. The second kappa shape index (κ2) is 7.22. The minimum absolute atomic E-state index is 0.122. The Morgan fingerprint density at radius 2 is 2.05 bits per heavy atom. The van der Waals surface area contributed by atoms with Gasteiger partial charge in [-0.2, -0.15) is 0 Å². The molecule has 1 aromatic carbocycles. The number of hydrogen-bond acceptors (Lipinski definition) is 5. The third kappa shape index (κ3) is 4.16. The Balaban J connectivity index is 2.90. The van der Waals surface area contributed by atoms with Gasteiger partial charge in [0.15, 0.2) is 0 Å². The van der Waals surface area contributed by atoms with Crippen LogP contribution in [0.25, 0.3) is 0 Å². The fraction of sp³-hybridized carbons (Fsp3) is 0.385. The minimum Gasteiger partial charge on any atom is -0.383 e. The minimum atomic E-state index is -0.722. The van der Waals surface area contributed by atoms with Gasteiger partial charge >= 0.3 is 0 Å². The van der Waals surface area contributed by atoms with E-state index in [1.165, 1.54) is 18.2 Å². The lowest BCUT2D eigenvalue weighted by Gasteiger charge is -2.13. The van der Waals surface area contributed by atoms with Crippen molar-refractivity contribution in [3.63, 3.8) is 0 Å². The Morgan fingerprint density at radius 1 is 1.38 bits per heavy atom. The Morgan fingerprint density at radius 3 is 2.57 bits per heavy atom. The molecule has 0 bridgehead atoms. The van der Waals surface area contributed by atoms with Crippen molar-refractivity contribution >= 4 is 23.2 Å². The lowest BCUT2D eigenvalue weighted by atomic mass is 10.1. The third-order valence-corrected chi connectivity index (χ3v) is 2.82. The van der Waals surface area contributed by atoms with Crippen LogP contribution in [0.15, 0.2) is 18.2 Å². The predicted molar refractivity (Wildman–Crippen MR) is 78.3 cm³/mol. The van der Waals surface area contributed by atoms with Gasteiger partial charge in [-0.3, -0.25) is 19.7 Å². The van der Waals surface area contributed by atoms with Crippen molar-refractivity contribution in [2.24, 2.45) is 0 Å². The zero-order chi connectivity index (χ0) is 16.0. The SMILES string of the molecule is CCNC(=O)[C@@H](C)NC(=O)c1ccc(NC)c([N+](=O)[O-])c1. The molecule has 8 heteroatoms. The molecule has 1 atom stereocenters. The van der Waals surface area contributed by atoms with Gasteiger partial charge in [0.1, 0.15) is 11.7 Å². The Bertz CT molecular complexity index is 559. The van der Waals surface area contributed by atoms with E-state index in [9.17, 15) is 19.7 Å². The Hall–Kier alpha value is -2.64. The first-order chi connectivity index (χ1) is 9.90. The molecule has 8 nitrogen and oxygen atoms in total. The van der Waals surface area contributed by atoms with E-state index in [1.807, 2.05) is 0 Å². The number of rotatable bonds is 6. The van der Waals surface area contributed by atoms with Gasteiger partial charge in [-0.25, -0.2) is 0 Å². The molecule has 114 valence electrons. The quantitative estimate of drug-likeness (QED) is 0.532. The van der Waals surface area contributed by atoms with Crippen molar-refractivity contribution in [1.82, 2.24) is 10.6 Å². The van der Waals surface area contributed by atoms with E-state index < -0.39 is 16.9 Å².